The van der Waals surface area contributed by atoms with E-state index in [0.717, 1.165) is 50.3 Å². The fourth-order valence-electron chi connectivity index (χ4n) is 4.95. The van der Waals surface area contributed by atoms with Gasteiger partial charge >= 0.3 is 0 Å². The van der Waals surface area contributed by atoms with Gasteiger partial charge in [-0.2, -0.15) is 0 Å². The molecule has 0 aliphatic carbocycles. The molecule has 0 bridgehead atoms. The van der Waals surface area contributed by atoms with Crippen LogP contribution in [-0.2, 0) is 4.74 Å². The number of thiazole rings is 1. The number of ether oxygens (including phenoxy) is 2. The SMILES string of the molecule is CN=C/C(=C\N)c1cc(OC2CCN(C3COC3)CC2)c2c(Nc3ccc4ncsc4c3F)ncnc2c1. The first-order valence-corrected chi connectivity index (χ1v) is 13.4. The molecule has 196 valence electrons. The van der Waals surface area contributed by atoms with E-state index in [1.807, 2.05) is 12.1 Å². The third-order valence-electron chi connectivity index (χ3n) is 7.08. The van der Waals surface area contributed by atoms with E-state index < -0.39 is 0 Å². The number of benzene rings is 2. The first kappa shape index (κ1) is 24.7. The number of rotatable bonds is 7. The van der Waals surface area contributed by atoms with Crippen molar-refractivity contribution >= 4 is 55.7 Å². The van der Waals surface area contributed by atoms with Gasteiger partial charge in [0.05, 0.1) is 51.6 Å². The molecule has 3 N–H and O–H groups in total. The summed E-state index contributed by atoms with van der Waals surface area (Å²) < 4.78 is 27.8. The van der Waals surface area contributed by atoms with Crippen LogP contribution in [0.2, 0.25) is 0 Å². The van der Waals surface area contributed by atoms with Crippen molar-refractivity contribution in [1.29, 1.82) is 0 Å². The molecule has 2 aliphatic rings. The Morgan fingerprint density at radius 1 is 1.21 bits per heavy atom. The van der Waals surface area contributed by atoms with Crippen LogP contribution in [0.1, 0.15) is 18.4 Å². The third-order valence-corrected chi connectivity index (χ3v) is 7.92. The van der Waals surface area contributed by atoms with Crippen molar-refractivity contribution in [2.75, 3.05) is 38.7 Å². The molecule has 2 aliphatic heterocycles. The summed E-state index contributed by atoms with van der Waals surface area (Å²) in [6.45, 7) is 3.52. The number of piperidine rings is 1. The first-order chi connectivity index (χ1) is 18.6. The van der Waals surface area contributed by atoms with E-state index in [2.05, 4.69) is 30.2 Å². The minimum absolute atomic E-state index is 0.0224. The van der Waals surface area contributed by atoms with Crippen LogP contribution in [0.15, 0.2) is 47.3 Å². The molecule has 9 nitrogen and oxygen atoms in total. The number of nitrogens with zero attached hydrogens (tertiary/aromatic N) is 5. The third kappa shape index (κ3) is 4.68. The molecule has 38 heavy (non-hydrogen) atoms. The lowest BCUT2D eigenvalue weighted by molar-refractivity contribution is -0.0777. The maximum Gasteiger partial charge on any atom is 0.166 e. The minimum atomic E-state index is -0.365. The molecule has 2 aromatic carbocycles. The minimum Gasteiger partial charge on any atom is -0.489 e. The number of hydrogen-bond acceptors (Lipinski definition) is 10. The number of allylic oxidation sites excluding steroid dienone is 1. The molecule has 4 heterocycles. The highest BCUT2D eigenvalue weighted by Gasteiger charge is 2.30. The van der Waals surface area contributed by atoms with Crippen molar-refractivity contribution in [3.8, 4) is 5.75 Å². The summed E-state index contributed by atoms with van der Waals surface area (Å²) in [4.78, 5) is 19.8. The number of aromatic nitrogens is 3. The van der Waals surface area contributed by atoms with Gasteiger partial charge in [-0.25, -0.2) is 19.3 Å². The van der Waals surface area contributed by atoms with Crippen molar-refractivity contribution in [3.05, 3.63) is 53.7 Å². The Hall–Kier alpha value is -3.67. The molecule has 6 rings (SSSR count). The Morgan fingerprint density at radius 2 is 2.05 bits per heavy atom. The molecule has 11 heteroatoms. The van der Waals surface area contributed by atoms with Crippen molar-refractivity contribution < 1.29 is 13.9 Å². The van der Waals surface area contributed by atoms with Crippen LogP contribution in [0, 0.1) is 5.82 Å². The molecule has 0 spiro atoms. The van der Waals surface area contributed by atoms with Crippen molar-refractivity contribution in [3.63, 3.8) is 0 Å². The molecule has 0 atom stereocenters. The maximum atomic E-state index is 15.3. The normalized spacial score (nSPS) is 17.9. The van der Waals surface area contributed by atoms with Gasteiger partial charge in [0, 0.05) is 38.1 Å². The Balaban J connectivity index is 1.38. The number of aliphatic imine (C=N–C) groups is 1. The molecular weight excluding hydrogens is 505 g/mol. The number of halogens is 1. The molecule has 0 saturated carbocycles. The highest BCUT2D eigenvalue weighted by molar-refractivity contribution is 7.16. The number of nitrogens with two attached hydrogens (primary N) is 1. The van der Waals surface area contributed by atoms with Gasteiger partial charge in [0.15, 0.2) is 5.82 Å². The van der Waals surface area contributed by atoms with Crippen molar-refractivity contribution in [2.24, 2.45) is 10.7 Å². The van der Waals surface area contributed by atoms with Gasteiger partial charge in [-0.1, -0.05) is 0 Å². The van der Waals surface area contributed by atoms with Gasteiger partial charge in [0.2, 0.25) is 0 Å². The Bertz CT molecular complexity index is 1530. The molecule has 0 radical (unpaired) electrons. The van der Waals surface area contributed by atoms with E-state index in [0.29, 0.717) is 44.4 Å². The predicted octanol–water partition coefficient (Wildman–Crippen LogP) is 4.36. The molecule has 2 saturated heterocycles. The second-order valence-corrected chi connectivity index (χ2v) is 10.3. The zero-order valence-corrected chi connectivity index (χ0v) is 21.7. The van der Waals surface area contributed by atoms with Gasteiger partial charge in [0.25, 0.3) is 0 Å². The maximum absolute atomic E-state index is 15.3. The lowest BCUT2D eigenvalue weighted by atomic mass is 10.0. The standard InChI is InChI=1S/C27H28FN7O2S/c1-30-11-17(10-29)16-8-22-24(23(9-16)37-19-4-6-35(7-5-19)18-12-36-13-18)27(32-14-31-22)34-20-2-3-21-26(25(20)28)38-15-33-21/h2-3,8-11,14-15,18-19H,4-7,12-13,29H2,1H3,(H,31,32,34)/b17-10+,30-11?. The highest BCUT2D eigenvalue weighted by atomic mass is 32.1. The average molecular weight is 534 g/mol. The summed E-state index contributed by atoms with van der Waals surface area (Å²) in [6.07, 6.45) is 6.48. The molecule has 0 unspecified atom stereocenters. The summed E-state index contributed by atoms with van der Waals surface area (Å²) in [5.74, 6) is 0.718. The number of likely N-dealkylation sites (tertiary alicyclic amines) is 1. The summed E-state index contributed by atoms with van der Waals surface area (Å²) >= 11 is 1.26. The summed E-state index contributed by atoms with van der Waals surface area (Å²) in [6, 6.07) is 7.83. The number of hydrogen-bond donors (Lipinski definition) is 2. The zero-order valence-electron chi connectivity index (χ0n) is 20.9. The number of anilines is 2. The lowest BCUT2D eigenvalue weighted by Gasteiger charge is -2.41. The van der Waals surface area contributed by atoms with Gasteiger partial charge in [-0.3, -0.25) is 9.89 Å². The molecule has 4 aromatic rings. The van der Waals surface area contributed by atoms with Crippen LogP contribution in [0.4, 0.5) is 15.9 Å². The van der Waals surface area contributed by atoms with Gasteiger partial charge < -0.3 is 20.5 Å². The van der Waals surface area contributed by atoms with Gasteiger partial charge in [-0.05, 0) is 42.7 Å². The fourth-order valence-corrected chi connectivity index (χ4v) is 5.68. The quantitative estimate of drug-likeness (QED) is 0.337. The molecule has 2 aromatic heterocycles. The van der Waals surface area contributed by atoms with Gasteiger partial charge in [0.1, 0.15) is 24.0 Å². The van der Waals surface area contributed by atoms with E-state index in [1.54, 1.807) is 30.9 Å². The van der Waals surface area contributed by atoms with Crippen LogP contribution < -0.4 is 15.8 Å². The Morgan fingerprint density at radius 3 is 2.79 bits per heavy atom. The molecule has 0 amide bonds. The van der Waals surface area contributed by atoms with Gasteiger partial charge in [-0.15, -0.1) is 11.3 Å². The first-order valence-electron chi connectivity index (χ1n) is 12.5. The largest absolute Gasteiger partial charge is 0.489 e. The topological polar surface area (TPSA) is 111 Å². The Kier molecular flexibility index (Phi) is 6.88. The van der Waals surface area contributed by atoms with Crippen molar-refractivity contribution in [1.82, 2.24) is 19.9 Å². The Labute approximate surface area is 223 Å². The summed E-state index contributed by atoms with van der Waals surface area (Å²) in [5, 5.41) is 3.87. The second-order valence-electron chi connectivity index (χ2n) is 9.40. The molecule has 2 fully saturated rings. The summed E-state index contributed by atoms with van der Waals surface area (Å²) in [7, 11) is 1.70. The van der Waals surface area contributed by atoms with E-state index in [4.69, 9.17) is 15.2 Å². The second kappa shape index (κ2) is 10.6. The van der Waals surface area contributed by atoms with Crippen LogP contribution in [-0.4, -0.2) is 71.6 Å². The predicted molar refractivity (Wildman–Crippen MR) is 149 cm³/mol. The van der Waals surface area contributed by atoms with Crippen molar-refractivity contribution in [2.45, 2.75) is 25.0 Å². The van der Waals surface area contributed by atoms with E-state index in [9.17, 15) is 0 Å². The van der Waals surface area contributed by atoms with Crippen LogP contribution in [0.3, 0.4) is 0 Å². The van der Waals surface area contributed by atoms with E-state index >= 15 is 4.39 Å². The summed E-state index contributed by atoms with van der Waals surface area (Å²) in [5.41, 5.74) is 10.7. The number of fused-ring (bicyclic) bond motifs is 2. The monoisotopic (exact) mass is 533 g/mol. The fraction of sp³-hybridized carbons (Fsp3) is 0.333. The number of nitrogens with one attached hydrogen (secondary N) is 1. The van der Waals surface area contributed by atoms with Crippen LogP contribution in [0.5, 0.6) is 5.75 Å². The average Bonchev–Trinajstić information content (AvgIpc) is 3.39. The lowest BCUT2D eigenvalue weighted by Crippen LogP contribution is -2.52. The highest BCUT2D eigenvalue weighted by Crippen LogP contribution is 2.37. The van der Waals surface area contributed by atoms with Crippen LogP contribution in [0.25, 0.3) is 26.7 Å². The van der Waals surface area contributed by atoms with E-state index in [1.165, 1.54) is 23.9 Å². The smallest absolute Gasteiger partial charge is 0.166 e. The zero-order chi connectivity index (χ0) is 26.1. The van der Waals surface area contributed by atoms with Crippen LogP contribution >= 0.6 is 11.3 Å². The van der Waals surface area contributed by atoms with E-state index in [-0.39, 0.29) is 11.9 Å². The molecular formula is C27H28FN7O2S.